The van der Waals surface area contributed by atoms with Crippen LogP contribution in [0.1, 0.15) is 27.1 Å². The molecule has 3 saturated heterocycles. The molecule has 6 aromatic heterocycles. The van der Waals surface area contributed by atoms with Gasteiger partial charge in [-0.15, -0.1) is 22.7 Å². The van der Waals surface area contributed by atoms with Gasteiger partial charge in [0.05, 0.1) is 70.5 Å². The summed E-state index contributed by atoms with van der Waals surface area (Å²) in [5.74, 6) is -2.06. The van der Waals surface area contributed by atoms with E-state index in [9.17, 15) is 27.6 Å². The van der Waals surface area contributed by atoms with Gasteiger partial charge in [-0.1, -0.05) is 24.3 Å². The topological polar surface area (TPSA) is 198 Å². The van der Waals surface area contributed by atoms with E-state index in [-0.39, 0.29) is 52.3 Å². The van der Waals surface area contributed by atoms with Crippen LogP contribution in [-0.4, -0.2) is 142 Å². The zero-order valence-corrected chi connectivity index (χ0v) is 39.6. The van der Waals surface area contributed by atoms with Gasteiger partial charge in [0.25, 0.3) is 21.9 Å². The molecule has 0 saturated carbocycles. The summed E-state index contributed by atoms with van der Waals surface area (Å²) >= 11 is 2.61. The van der Waals surface area contributed by atoms with Gasteiger partial charge in [-0.2, -0.15) is 8.42 Å². The number of hydrogen-bond donors (Lipinski definition) is 2. The van der Waals surface area contributed by atoms with Crippen LogP contribution in [0, 0.1) is 11.6 Å². The smallest absolute Gasteiger partial charge is 0.264 e. The van der Waals surface area contributed by atoms with Crippen LogP contribution in [0.4, 0.5) is 20.4 Å². The van der Waals surface area contributed by atoms with Gasteiger partial charge >= 0.3 is 0 Å². The van der Waals surface area contributed by atoms with Crippen LogP contribution in [0.25, 0.3) is 52.2 Å². The molecule has 2 N–H and O–H groups in total. The number of amides is 2. The molecule has 11 rings (SSSR count). The van der Waals surface area contributed by atoms with E-state index in [1.165, 1.54) is 35.2 Å². The number of ether oxygens (including phenoxy) is 2. The Labute approximate surface area is 399 Å². The lowest BCUT2D eigenvalue weighted by Gasteiger charge is -2.30. The van der Waals surface area contributed by atoms with E-state index < -0.39 is 44.4 Å². The van der Waals surface area contributed by atoms with Crippen molar-refractivity contribution in [2.75, 3.05) is 108 Å². The van der Waals surface area contributed by atoms with E-state index >= 15 is 8.78 Å². The van der Waals surface area contributed by atoms with Crippen LogP contribution >= 0.6 is 22.7 Å². The third kappa shape index (κ3) is 9.10. The van der Waals surface area contributed by atoms with Crippen molar-refractivity contribution in [2.45, 2.75) is 6.42 Å². The molecule has 3 aliphatic heterocycles. The number of halogens is 2. The maximum Gasteiger partial charge on any atom is 0.264 e. The molecule has 0 aliphatic carbocycles. The lowest BCUT2D eigenvalue weighted by atomic mass is 10.1. The number of nitrogens with zero attached hydrogens (tertiary/aromatic N) is 7. The summed E-state index contributed by atoms with van der Waals surface area (Å²) < 4.78 is 73.3. The number of nitrogens with one attached hydrogen (secondary N) is 2. The summed E-state index contributed by atoms with van der Waals surface area (Å²) in [6.45, 7) is 6.70. The number of anilines is 2. The first kappa shape index (κ1) is 46.5. The Hall–Kier alpha value is -6.21. The minimum Gasteiger partial charge on any atom is -0.378 e. The van der Waals surface area contributed by atoms with E-state index in [0.717, 1.165) is 52.4 Å². The first-order chi connectivity index (χ1) is 33.4. The Morgan fingerprint density at radius 2 is 1.14 bits per heavy atom. The third-order valence-electron chi connectivity index (χ3n) is 12.1. The predicted octanol–water partition coefficient (Wildman–Crippen LogP) is 4.22. The SMILES string of the molecule is CS(=O)(=O)OCCNC(=O)c1c(=O)c2cc(F)c(N3CCOCC3)nc2n2c1sc1ccccc12.O=C(NCCN1CCC1)c1c(=O)c2cc(F)c(N3CCOCC3)nc2n2c1sc1ccccc12. The fraction of sp³-hybridized carbons (Fsp3) is 0.348. The summed E-state index contributed by atoms with van der Waals surface area (Å²) in [4.78, 5) is 69.2. The van der Waals surface area contributed by atoms with E-state index in [1.807, 2.05) is 57.8 Å². The minimum atomic E-state index is -3.67. The maximum absolute atomic E-state index is 15.2. The Balaban J connectivity index is 0.000000160. The second kappa shape index (κ2) is 19.3. The number of carbonyl (C=O) groups excluding carboxylic acids is 2. The van der Waals surface area contributed by atoms with Gasteiger partial charge in [-0.3, -0.25) is 32.2 Å². The highest BCUT2D eigenvalue weighted by atomic mass is 32.2. The Morgan fingerprint density at radius 3 is 1.58 bits per heavy atom. The van der Waals surface area contributed by atoms with Crippen LogP contribution < -0.4 is 31.3 Å². The van der Waals surface area contributed by atoms with Crippen molar-refractivity contribution in [1.29, 1.82) is 0 Å². The number of hydrogen-bond acceptors (Lipinski definition) is 16. The number of likely N-dealkylation sites (tertiary alicyclic amines) is 1. The van der Waals surface area contributed by atoms with Crippen LogP contribution in [-0.2, 0) is 23.8 Å². The van der Waals surface area contributed by atoms with E-state index in [2.05, 4.69) is 29.7 Å². The zero-order chi connectivity index (χ0) is 48.0. The normalized spacial score (nSPS) is 15.8. The number of pyridine rings is 4. The van der Waals surface area contributed by atoms with Crippen molar-refractivity contribution in [3.05, 3.63) is 104 Å². The molecule has 9 heterocycles. The fourth-order valence-electron chi connectivity index (χ4n) is 8.66. The molecular weight excluding hydrogens is 957 g/mol. The van der Waals surface area contributed by atoms with Gasteiger partial charge in [0.1, 0.15) is 20.8 Å². The maximum atomic E-state index is 15.2. The molecule has 2 aromatic carbocycles. The number of para-hydroxylation sites is 2. The molecule has 3 aliphatic rings. The predicted molar refractivity (Wildman–Crippen MR) is 261 cm³/mol. The van der Waals surface area contributed by atoms with Crippen molar-refractivity contribution in [3.8, 4) is 0 Å². The van der Waals surface area contributed by atoms with Crippen LogP contribution in [0.5, 0.6) is 0 Å². The number of carbonyl (C=O) groups is 2. The monoisotopic (exact) mass is 1000 g/mol. The molecule has 3 fully saturated rings. The van der Waals surface area contributed by atoms with E-state index in [4.69, 9.17) is 9.47 Å². The standard InChI is InChI=1S/C24H24FN5O3S.C22H21FN4O6S2/c25-16-14-15-20(31)19(23(32)26-6-9-28-7-3-8-28)24-30(17-4-1-2-5-18(17)34-24)21(15)27-22(16)29-10-12-33-13-11-29;1-35(30,31)33-9-6-24-21(29)17-18(28)13-12-14(23)20(26-7-10-32-11-8-26)25-19(13)27-15-4-2-3-5-16(15)34-22(17)27/h1-2,4-5,14H,3,6-13H2,(H,26,32);2-5,12H,6-11H2,1H3,(H,24,29). The number of fused-ring (bicyclic) bond motifs is 10. The summed E-state index contributed by atoms with van der Waals surface area (Å²) in [5.41, 5.74) is 0.875. The van der Waals surface area contributed by atoms with Gasteiger partial charge < -0.3 is 34.8 Å². The average molecular weight is 1000 g/mol. The number of rotatable bonds is 11. The lowest BCUT2D eigenvalue weighted by Crippen LogP contribution is -2.43. The summed E-state index contributed by atoms with van der Waals surface area (Å²) in [5, 5.41) is 5.49. The van der Waals surface area contributed by atoms with Crippen molar-refractivity contribution in [2.24, 2.45) is 0 Å². The molecular formula is C46H45F2N9O9S3. The van der Waals surface area contributed by atoms with Gasteiger partial charge in [-0.25, -0.2) is 18.7 Å². The molecule has 360 valence electrons. The number of benzene rings is 2. The zero-order valence-electron chi connectivity index (χ0n) is 37.2. The highest BCUT2D eigenvalue weighted by Gasteiger charge is 2.28. The summed E-state index contributed by atoms with van der Waals surface area (Å²) in [7, 11) is -3.67. The van der Waals surface area contributed by atoms with Gasteiger partial charge in [0.15, 0.2) is 34.6 Å². The molecule has 2 amide bonds. The lowest BCUT2D eigenvalue weighted by molar-refractivity contribution is 0.0936. The Morgan fingerprint density at radius 1 is 0.696 bits per heavy atom. The second-order valence-corrected chi connectivity index (χ2v) is 20.3. The first-order valence-electron chi connectivity index (χ1n) is 22.3. The molecule has 18 nitrogen and oxygen atoms in total. The minimum absolute atomic E-state index is 0.0295. The fourth-order valence-corrected chi connectivity index (χ4v) is 11.4. The molecule has 8 aromatic rings. The van der Waals surface area contributed by atoms with Gasteiger partial charge in [-0.05, 0) is 55.9 Å². The van der Waals surface area contributed by atoms with Crippen LogP contribution in [0.2, 0.25) is 0 Å². The highest BCUT2D eigenvalue weighted by Crippen LogP contribution is 2.34. The van der Waals surface area contributed by atoms with Crippen molar-refractivity contribution >= 4 is 108 Å². The number of thiazole rings is 2. The quantitative estimate of drug-likeness (QED) is 0.138. The summed E-state index contributed by atoms with van der Waals surface area (Å²) in [6, 6.07) is 17.4. The second-order valence-electron chi connectivity index (χ2n) is 16.6. The van der Waals surface area contributed by atoms with Crippen LogP contribution in [0.3, 0.4) is 0 Å². The number of aromatic nitrogens is 4. The molecule has 0 unspecified atom stereocenters. The van der Waals surface area contributed by atoms with Gasteiger partial charge in [0, 0.05) is 45.8 Å². The first-order valence-corrected chi connectivity index (χ1v) is 25.7. The van der Waals surface area contributed by atoms with Crippen LogP contribution in [0.15, 0.2) is 70.3 Å². The molecule has 0 spiro atoms. The van der Waals surface area contributed by atoms with Crippen molar-refractivity contribution < 1.29 is 40.4 Å². The Bertz CT molecular complexity index is 3570. The molecule has 0 bridgehead atoms. The largest absolute Gasteiger partial charge is 0.378 e. The number of morpholine rings is 2. The van der Waals surface area contributed by atoms with Crippen molar-refractivity contribution in [3.63, 3.8) is 0 Å². The molecule has 0 radical (unpaired) electrons. The average Bonchev–Trinajstić information content (AvgIpc) is 3.91. The summed E-state index contributed by atoms with van der Waals surface area (Å²) in [6.07, 6.45) is 2.07. The molecule has 69 heavy (non-hydrogen) atoms. The molecule has 0 atom stereocenters. The third-order valence-corrected chi connectivity index (χ3v) is 15.0. The van der Waals surface area contributed by atoms with E-state index in [0.29, 0.717) is 74.5 Å². The molecule has 23 heteroatoms. The van der Waals surface area contributed by atoms with E-state index in [1.54, 1.807) is 9.30 Å². The van der Waals surface area contributed by atoms with Crippen molar-refractivity contribution in [1.82, 2.24) is 34.3 Å². The highest BCUT2D eigenvalue weighted by molar-refractivity contribution is 7.86. The van der Waals surface area contributed by atoms with Gasteiger partial charge in [0.2, 0.25) is 10.9 Å². The Kier molecular flexibility index (Phi) is 13.0.